The molecule has 3 aromatic carbocycles. The first-order chi connectivity index (χ1) is 13.9. The van der Waals surface area contributed by atoms with E-state index in [1.54, 1.807) is 61.5 Å². The first-order valence-electron chi connectivity index (χ1n) is 8.71. The molecule has 7 heteroatoms. The molecule has 3 amide bonds. The lowest BCUT2D eigenvalue weighted by molar-refractivity contribution is 0.0924. The van der Waals surface area contributed by atoms with Crippen LogP contribution >= 0.6 is 23.2 Å². The average molecular weight is 425 g/mol. The Labute approximate surface area is 176 Å². The predicted octanol–water partition coefficient (Wildman–Crippen LogP) is 5.35. The molecule has 5 nitrogen and oxygen atoms in total. The maximum atomic E-state index is 12.8. The van der Waals surface area contributed by atoms with E-state index in [4.69, 9.17) is 23.2 Å². The van der Waals surface area contributed by atoms with E-state index in [9.17, 15) is 14.4 Å². The minimum Gasteiger partial charge on any atom is -0.322 e. The Bertz CT molecular complexity index is 1190. The summed E-state index contributed by atoms with van der Waals surface area (Å²) in [7, 11) is 0. The molecule has 0 bridgehead atoms. The number of aryl methyl sites for hydroxylation is 1. The number of nitrogens with zero attached hydrogens (tertiary/aromatic N) is 1. The molecule has 1 N–H and O–H groups in total. The normalized spacial score (nSPS) is 12.9. The number of imide groups is 1. The third kappa shape index (κ3) is 3.39. The van der Waals surface area contributed by atoms with E-state index >= 15 is 0 Å². The van der Waals surface area contributed by atoms with Gasteiger partial charge in [-0.2, -0.15) is 0 Å². The number of halogens is 2. The summed E-state index contributed by atoms with van der Waals surface area (Å²) in [5.74, 6) is -1.18. The SMILES string of the molecule is Cc1cc(NC(=O)c2ccccc2Cl)ccc1N1C(=O)c2ccc(Cl)cc2C1=O. The van der Waals surface area contributed by atoms with Crippen molar-refractivity contribution >= 4 is 52.3 Å². The number of hydrogen-bond acceptors (Lipinski definition) is 3. The molecule has 3 aromatic rings. The van der Waals surface area contributed by atoms with Gasteiger partial charge >= 0.3 is 0 Å². The van der Waals surface area contributed by atoms with E-state index in [2.05, 4.69) is 5.32 Å². The van der Waals surface area contributed by atoms with Crippen LogP contribution in [0.2, 0.25) is 10.0 Å². The van der Waals surface area contributed by atoms with Crippen LogP contribution in [0.4, 0.5) is 11.4 Å². The van der Waals surface area contributed by atoms with E-state index in [1.807, 2.05) is 0 Å². The molecule has 0 aromatic heterocycles. The standard InChI is InChI=1S/C22H14Cl2N2O3/c1-12-10-14(25-20(27)16-4-2-3-5-18(16)24)7-9-19(12)26-21(28)15-8-6-13(23)11-17(15)22(26)29/h2-11H,1H3,(H,25,27). The Kier molecular flexibility index (Phi) is 4.86. The molecule has 4 rings (SSSR count). The fourth-order valence-corrected chi connectivity index (χ4v) is 3.65. The van der Waals surface area contributed by atoms with Crippen LogP contribution in [0.3, 0.4) is 0 Å². The highest BCUT2D eigenvalue weighted by Gasteiger charge is 2.37. The summed E-state index contributed by atoms with van der Waals surface area (Å²) in [4.78, 5) is 39.1. The van der Waals surface area contributed by atoms with Crippen molar-refractivity contribution in [3.63, 3.8) is 0 Å². The first kappa shape index (κ1) is 19.2. The van der Waals surface area contributed by atoms with Crippen molar-refractivity contribution in [1.29, 1.82) is 0 Å². The first-order valence-corrected chi connectivity index (χ1v) is 9.47. The lowest BCUT2D eigenvalue weighted by Gasteiger charge is -2.17. The van der Waals surface area contributed by atoms with Gasteiger partial charge in [-0.1, -0.05) is 35.3 Å². The molecule has 0 unspecified atom stereocenters. The molecular formula is C22H14Cl2N2O3. The van der Waals surface area contributed by atoms with Gasteiger partial charge in [0.25, 0.3) is 17.7 Å². The molecule has 1 heterocycles. The number of amides is 3. The molecule has 0 radical (unpaired) electrons. The predicted molar refractivity (Wildman–Crippen MR) is 113 cm³/mol. The second-order valence-corrected chi connectivity index (χ2v) is 7.41. The Morgan fingerprint density at radius 1 is 0.897 bits per heavy atom. The summed E-state index contributed by atoms with van der Waals surface area (Å²) in [6.45, 7) is 1.76. The fraction of sp³-hybridized carbons (Fsp3) is 0.0455. The molecule has 144 valence electrons. The highest BCUT2D eigenvalue weighted by Crippen LogP contribution is 2.33. The van der Waals surface area contributed by atoms with Gasteiger partial charge in [-0.25, -0.2) is 4.90 Å². The van der Waals surface area contributed by atoms with Gasteiger partial charge in [-0.15, -0.1) is 0 Å². The van der Waals surface area contributed by atoms with Crippen molar-refractivity contribution in [2.24, 2.45) is 0 Å². The Balaban J connectivity index is 1.62. The molecule has 0 atom stereocenters. The van der Waals surface area contributed by atoms with Crippen molar-refractivity contribution in [1.82, 2.24) is 0 Å². The maximum absolute atomic E-state index is 12.8. The summed E-state index contributed by atoms with van der Waals surface area (Å²) in [6.07, 6.45) is 0. The third-order valence-corrected chi connectivity index (χ3v) is 5.23. The van der Waals surface area contributed by atoms with Crippen molar-refractivity contribution < 1.29 is 14.4 Å². The molecule has 1 aliphatic heterocycles. The molecule has 0 fully saturated rings. The zero-order valence-electron chi connectivity index (χ0n) is 15.2. The smallest absolute Gasteiger partial charge is 0.266 e. The molecule has 0 aliphatic carbocycles. The number of fused-ring (bicyclic) bond motifs is 1. The second kappa shape index (κ2) is 7.35. The highest BCUT2D eigenvalue weighted by molar-refractivity contribution is 6.37. The van der Waals surface area contributed by atoms with Gasteiger partial charge in [0.2, 0.25) is 0 Å². The number of benzene rings is 3. The monoisotopic (exact) mass is 424 g/mol. The van der Waals surface area contributed by atoms with Gasteiger partial charge in [0.1, 0.15) is 0 Å². The van der Waals surface area contributed by atoms with Gasteiger partial charge in [-0.3, -0.25) is 14.4 Å². The molecule has 0 saturated heterocycles. The molecular weight excluding hydrogens is 411 g/mol. The van der Waals surface area contributed by atoms with Crippen LogP contribution in [0.15, 0.2) is 60.7 Å². The zero-order valence-corrected chi connectivity index (χ0v) is 16.7. The number of carbonyl (C=O) groups is 3. The van der Waals surface area contributed by atoms with Crippen molar-refractivity contribution in [2.75, 3.05) is 10.2 Å². The van der Waals surface area contributed by atoms with Gasteiger partial charge in [-0.05, 0) is 61.0 Å². The zero-order chi connectivity index (χ0) is 20.7. The van der Waals surface area contributed by atoms with Gasteiger partial charge in [0.05, 0.1) is 27.4 Å². The van der Waals surface area contributed by atoms with Crippen LogP contribution in [0.25, 0.3) is 0 Å². The molecule has 1 aliphatic rings. The summed E-state index contributed by atoms with van der Waals surface area (Å²) >= 11 is 12.0. The number of rotatable bonds is 3. The van der Waals surface area contributed by atoms with Crippen LogP contribution in [-0.4, -0.2) is 17.7 Å². The van der Waals surface area contributed by atoms with E-state index in [0.29, 0.717) is 38.1 Å². The number of nitrogens with one attached hydrogen (secondary N) is 1. The summed E-state index contributed by atoms with van der Waals surface area (Å²) < 4.78 is 0. The van der Waals surface area contributed by atoms with Crippen LogP contribution < -0.4 is 10.2 Å². The lowest BCUT2D eigenvalue weighted by Crippen LogP contribution is -2.30. The Morgan fingerprint density at radius 3 is 2.34 bits per heavy atom. The van der Waals surface area contributed by atoms with Crippen molar-refractivity contribution in [2.45, 2.75) is 6.92 Å². The van der Waals surface area contributed by atoms with E-state index < -0.39 is 11.8 Å². The van der Waals surface area contributed by atoms with Gasteiger partial charge in [0, 0.05) is 10.7 Å². The molecule has 0 spiro atoms. The van der Waals surface area contributed by atoms with E-state index in [0.717, 1.165) is 4.90 Å². The molecule has 0 saturated carbocycles. The van der Waals surface area contributed by atoms with Crippen molar-refractivity contribution in [3.8, 4) is 0 Å². The Hall–Kier alpha value is -3.15. The third-order valence-electron chi connectivity index (χ3n) is 4.66. The van der Waals surface area contributed by atoms with Gasteiger partial charge in [0.15, 0.2) is 0 Å². The minimum absolute atomic E-state index is 0.276. The minimum atomic E-state index is -0.427. The molecule has 29 heavy (non-hydrogen) atoms. The lowest BCUT2D eigenvalue weighted by atomic mass is 10.1. The average Bonchev–Trinajstić information content (AvgIpc) is 2.92. The van der Waals surface area contributed by atoms with E-state index in [-0.39, 0.29) is 11.5 Å². The topological polar surface area (TPSA) is 66.5 Å². The Morgan fingerprint density at radius 2 is 1.62 bits per heavy atom. The quantitative estimate of drug-likeness (QED) is 0.575. The van der Waals surface area contributed by atoms with Crippen LogP contribution in [0.5, 0.6) is 0 Å². The maximum Gasteiger partial charge on any atom is 0.266 e. The summed E-state index contributed by atoms with van der Waals surface area (Å²) in [5, 5.41) is 3.52. The summed E-state index contributed by atoms with van der Waals surface area (Å²) in [6, 6.07) is 16.3. The summed E-state index contributed by atoms with van der Waals surface area (Å²) in [5.41, 5.74) is 2.57. The van der Waals surface area contributed by atoms with Crippen LogP contribution in [0.1, 0.15) is 36.6 Å². The fourth-order valence-electron chi connectivity index (χ4n) is 3.26. The number of carbonyl (C=O) groups excluding carboxylic acids is 3. The number of anilines is 2. The number of hydrogen-bond donors (Lipinski definition) is 1. The largest absolute Gasteiger partial charge is 0.322 e. The van der Waals surface area contributed by atoms with Gasteiger partial charge < -0.3 is 5.32 Å². The van der Waals surface area contributed by atoms with E-state index in [1.165, 1.54) is 6.07 Å². The van der Waals surface area contributed by atoms with Crippen molar-refractivity contribution in [3.05, 3.63) is 93.0 Å². The van der Waals surface area contributed by atoms with Crippen LogP contribution in [-0.2, 0) is 0 Å². The van der Waals surface area contributed by atoms with Crippen LogP contribution in [0, 0.1) is 6.92 Å². The second-order valence-electron chi connectivity index (χ2n) is 6.57. The highest BCUT2D eigenvalue weighted by atomic mass is 35.5.